The zero-order valence-electron chi connectivity index (χ0n) is 11.3. The number of methoxy groups -OCH3 is 1. The average molecular weight is 228 g/mol. The van der Waals surface area contributed by atoms with E-state index in [1.807, 2.05) is 0 Å². The van der Waals surface area contributed by atoms with Gasteiger partial charge in [-0.3, -0.25) is 4.90 Å². The third-order valence-electron chi connectivity index (χ3n) is 3.34. The Labute approximate surface area is 101 Å². The van der Waals surface area contributed by atoms with Gasteiger partial charge in [-0.15, -0.1) is 0 Å². The van der Waals surface area contributed by atoms with Crippen molar-refractivity contribution < 1.29 is 4.74 Å². The largest absolute Gasteiger partial charge is 0.384 e. The van der Waals surface area contributed by atoms with E-state index in [1.54, 1.807) is 7.11 Å². The van der Waals surface area contributed by atoms with Gasteiger partial charge in [-0.25, -0.2) is 0 Å². The van der Waals surface area contributed by atoms with E-state index in [0.717, 1.165) is 13.2 Å². The Morgan fingerprint density at radius 3 is 2.62 bits per heavy atom. The van der Waals surface area contributed by atoms with Crippen molar-refractivity contribution in [2.45, 2.75) is 45.7 Å². The van der Waals surface area contributed by atoms with Crippen LogP contribution in [0.5, 0.6) is 0 Å². The monoisotopic (exact) mass is 228 g/mol. The van der Waals surface area contributed by atoms with Crippen molar-refractivity contribution in [3.63, 3.8) is 0 Å². The summed E-state index contributed by atoms with van der Waals surface area (Å²) in [6.07, 6.45) is 2.67. The minimum atomic E-state index is 0.619. The summed E-state index contributed by atoms with van der Waals surface area (Å²) in [7, 11) is 1.79. The van der Waals surface area contributed by atoms with Gasteiger partial charge in [0.1, 0.15) is 0 Å². The molecule has 1 aliphatic heterocycles. The summed E-state index contributed by atoms with van der Waals surface area (Å²) < 4.78 is 5.21. The summed E-state index contributed by atoms with van der Waals surface area (Å²) in [5, 5.41) is 3.57. The molecule has 1 N–H and O–H groups in total. The number of nitrogens with zero attached hydrogens (tertiary/aromatic N) is 1. The van der Waals surface area contributed by atoms with Gasteiger partial charge < -0.3 is 10.1 Å². The molecule has 96 valence electrons. The lowest BCUT2D eigenvalue weighted by molar-refractivity contribution is 0.111. The highest BCUT2D eigenvalue weighted by molar-refractivity contribution is 4.79. The Bertz CT molecular complexity index is 179. The average Bonchev–Trinajstić information content (AvgIpc) is 2.69. The summed E-state index contributed by atoms with van der Waals surface area (Å²) in [4.78, 5) is 2.58. The maximum Gasteiger partial charge on any atom is 0.0500 e. The summed E-state index contributed by atoms with van der Waals surface area (Å²) in [6, 6.07) is 1.33. The molecule has 1 aliphatic rings. The number of hydrogen-bond donors (Lipinski definition) is 1. The maximum atomic E-state index is 5.21. The minimum absolute atomic E-state index is 0.619. The van der Waals surface area contributed by atoms with E-state index < -0.39 is 0 Å². The first-order valence-electron chi connectivity index (χ1n) is 6.59. The van der Waals surface area contributed by atoms with Gasteiger partial charge in [0.05, 0.1) is 0 Å². The first-order valence-corrected chi connectivity index (χ1v) is 6.59. The first-order chi connectivity index (χ1) is 7.63. The van der Waals surface area contributed by atoms with Crippen LogP contribution in [0, 0.1) is 5.92 Å². The number of rotatable bonds is 7. The van der Waals surface area contributed by atoms with Crippen LogP contribution in [0.2, 0.25) is 0 Å². The molecule has 0 aromatic rings. The Kier molecular flexibility index (Phi) is 6.32. The zero-order valence-corrected chi connectivity index (χ0v) is 11.3. The second-order valence-electron chi connectivity index (χ2n) is 5.40. The van der Waals surface area contributed by atoms with Crippen LogP contribution in [0.3, 0.4) is 0 Å². The molecule has 0 aliphatic carbocycles. The predicted octanol–water partition coefficient (Wildman–Crippen LogP) is 1.73. The van der Waals surface area contributed by atoms with Crippen molar-refractivity contribution >= 4 is 0 Å². The van der Waals surface area contributed by atoms with Crippen LogP contribution in [-0.2, 0) is 4.74 Å². The van der Waals surface area contributed by atoms with Crippen LogP contribution in [0.15, 0.2) is 0 Å². The van der Waals surface area contributed by atoms with E-state index in [-0.39, 0.29) is 0 Å². The third-order valence-corrected chi connectivity index (χ3v) is 3.34. The van der Waals surface area contributed by atoms with Crippen LogP contribution in [0.25, 0.3) is 0 Å². The van der Waals surface area contributed by atoms with Crippen molar-refractivity contribution in [1.82, 2.24) is 10.2 Å². The number of ether oxygens (including phenoxy) is 1. The Morgan fingerprint density at radius 2 is 2.12 bits per heavy atom. The maximum absolute atomic E-state index is 5.21. The molecule has 0 bridgehead atoms. The molecule has 3 heteroatoms. The van der Waals surface area contributed by atoms with Gasteiger partial charge in [0.15, 0.2) is 0 Å². The lowest BCUT2D eigenvalue weighted by Gasteiger charge is -2.31. The predicted molar refractivity (Wildman–Crippen MR) is 68.8 cm³/mol. The Morgan fingerprint density at radius 1 is 1.38 bits per heavy atom. The van der Waals surface area contributed by atoms with Gasteiger partial charge in [0, 0.05) is 38.9 Å². The highest BCUT2D eigenvalue weighted by Gasteiger charge is 2.20. The van der Waals surface area contributed by atoms with E-state index in [2.05, 4.69) is 31.0 Å². The standard InChI is InChI=1S/C13H28N2O/c1-11(2)15(8-12(3)10-16-4)9-13-6-5-7-14-13/h11-14H,5-10H2,1-4H3. The van der Waals surface area contributed by atoms with E-state index in [1.165, 1.54) is 25.9 Å². The molecule has 16 heavy (non-hydrogen) atoms. The Balaban J connectivity index is 2.34. The summed E-state index contributed by atoms with van der Waals surface area (Å²) in [6.45, 7) is 11.2. The molecule has 0 saturated carbocycles. The molecule has 3 nitrogen and oxygen atoms in total. The zero-order chi connectivity index (χ0) is 12.0. The number of hydrogen-bond acceptors (Lipinski definition) is 3. The lowest BCUT2D eigenvalue weighted by Crippen LogP contribution is -2.43. The van der Waals surface area contributed by atoms with Crippen LogP contribution in [-0.4, -0.2) is 50.3 Å². The molecule has 1 saturated heterocycles. The smallest absolute Gasteiger partial charge is 0.0500 e. The minimum Gasteiger partial charge on any atom is -0.384 e. The van der Waals surface area contributed by atoms with Gasteiger partial charge in [-0.05, 0) is 39.2 Å². The summed E-state index contributed by atoms with van der Waals surface area (Å²) in [5.41, 5.74) is 0. The molecule has 1 rings (SSSR count). The van der Waals surface area contributed by atoms with Crippen molar-refractivity contribution in [1.29, 1.82) is 0 Å². The molecule has 0 aromatic carbocycles. The summed E-state index contributed by atoms with van der Waals surface area (Å²) >= 11 is 0. The van der Waals surface area contributed by atoms with Gasteiger partial charge in [0.2, 0.25) is 0 Å². The highest BCUT2D eigenvalue weighted by atomic mass is 16.5. The van der Waals surface area contributed by atoms with Gasteiger partial charge in [-0.1, -0.05) is 6.92 Å². The fourth-order valence-electron chi connectivity index (χ4n) is 2.43. The van der Waals surface area contributed by atoms with Crippen molar-refractivity contribution in [2.24, 2.45) is 5.92 Å². The molecular weight excluding hydrogens is 200 g/mol. The summed E-state index contributed by atoms with van der Waals surface area (Å²) in [5.74, 6) is 0.619. The normalized spacial score (nSPS) is 23.2. The molecule has 0 aromatic heterocycles. The molecule has 2 unspecified atom stereocenters. The third kappa shape index (κ3) is 4.81. The van der Waals surface area contributed by atoms with Crippen LogP contribution < -0.4 is 5.32 Å². The highest BCUT2D eigenvalue weighted by Crippen LogP contribution is 2.11. The van der Waals surface area contributed by atoms with Crippen molar-refractivity contribution in [3.05, 3.63) is 0 Å². The Hall–Kier alpha value is -0.120. The molecule has 0 spiro atoms. The van der Waals surface area contributed by atoms with Gasteiger partial charge >= 0.3 is 0 Å². The van der Waals surface area contributed by atoms with Crippen LogP contribution in [0.4, 0.5) is 0 Å². The molecule has 0 radical (unpaired) electrons. The quantitative estimate of drug-likeness (QED) is 0.718. The van der Waals surface area contributed by atoms with Crippen molar-refractivity contribution in [2.75, 3.05) is 33.4 Å². The van der Waals surface area contributed by atoms with E-state index in [0.29, 0.717) is 18.0 Å². The van der Waals surface area contributed by atoms with Gasteiger partial charge in [0.25, 0.3) is 0 Å². The van der Waals surface area contributed by atoms with Crippen LogP contribution >= 0.6 is 0 Å². The molecule has 1 heterocycles. The van der Waals surface area contributed by atoms with Gasteiger partial charge in [-0.2, -0.15) is 0 Å². The second kappa shape index (κ2) is 7.25. The topological polar surface area (TPSA) is 24.5 Å². The lowest BCUT2D eigenvalue weighted by atomic mass is 10.1. The first kappa shape index (κ1) is 13.9. The van der Waals surface area contributed by atoms with E-state index in [4.69, 9.17) is 4.74 Å². The van der Waals surface area contributed by atoms with E-state index in [9.17, 15) is 0 Å². The van der Waals surface area contributed by atoms with Crippen LogP contribution in [0.1, 0.15) is 33.6 Å². The second-order valence-corrected chi connectivity index (χ2v) is 5.40. The van der Waals surface area contributed by atoms with E-state index >= 15 is 0 Å². The fourth-order valence-corrected chi connectivity index (χ4v) is 2.43. The molecule has 1 fully saturated rings. The molecule has 2 atom stereocenters. The number of nitrogens with one attached hydrogen (secondary N) is 1. The molecule has 0 amide bonds. The SMILES string of the molecule is COCC(C)CN(CC1CCCN1)C(C)C. The fraction of sp³-hybridized carbons (Fsp3) is 1.00. The molecular formula is C13H28N2O. The van der Waals surface area contributed by atoms with Crippen molar-refractivity contribution in [3.8, 4) is 0 Å².